The summed E-state index contributed by atoms with van der Waals surface area (Å²) in [4.78, 5) is 45.4. The molecule has 4 aliphatic rings. The van der Waals surface area contributed by atoms with Crippen molar-refractivity contribution in [2.24, 2.45) is 29.6 Å². The Morgan fingerprint density at radius 3 is 2.44 bits per heavy atom. The number of nitrogens with one attached hydrogen (secondary N) is 1. The van der Waals surface area contributed by atoms with Crippen LogP contribution in [0.3, 0.4) is 0 Å². The summed E-state index contributed by atoms with van der Waals surface area (Å²) in [6.45, 7) is 0.448. The Labute approximate surface area is 243 Å². The van der Waals surface area contributed by atoms with Gasteiger partial charge in [0, 0.05) is 16.0 Å². The van der Waals surface area contributed by atoms with Crippen LogP contribution >= 0.6 is 23.1 Å². The molecular weight excluding hydrogens is 559 g/mol. The number of H-pyrrole nitrogens is 1. The first kappa shape index (κ1) is 25.1. The van der Waals surface area contributed by atoms with Gasteiger partial charge in [-0.3, -0.25) is 19.3 Å². The van der Waals surface area contributed by atoms with E-state index in [0.29, 0.717) is 12.3 Å². The number of anilines is 1. The van der Waals surface area contributed by atoms with Crippen LogP contribution in [0.1, 0.15) is 28.3 Å². The third-order valence-corrected chi connectivity index (χ3v) is 11.9. The normalized spacial score (nSPS) is 29.4. The minimum atomic E-state index is -0.409. The number of fused-ring (bicyclic) bond motifs is 9. The van der Waals surface area contributed by atoms with Crippen molar-refractivity contribution in [2.45, 2.75) is 29.2 Å². The van der Waals surface area contributed by atoms with Gasteiger partial charge < -0.3 is 9.72 Å². The van der Waals surface area contributed by atoms with Gasteiger partial charge in [0.2, 0.25) is 11.8 Å². The molecule has 4 aromatic rings. The van der Waals surface area contributed by atoms with Gasteiger partial charge in [0.25, 0.3) is 0 Å². The van der Waals surface area contributed by atoms with E-state index < -0.39 is 11.7 Å². The molecule has 6 nitrogen and oxygen atoms in total. The average Bonchev–Trinajstić information content (AvgIpc) is 3.72. The number of carbonyl (C=O) groups excluding carboxylic acids is 2. The summed E-state index contributed by atoms with van der Waals surface area (Å²) in [6.07, 6.45) is 0.812. The molecule has 7 atom stereocenters. The molecule has 8 rings (SSSR count). The summed E-state index contributed by atoms with van der Waals surface area (Å²) in [7, 11) is 0. The van der Waals surface area contributed by atoms with Gasteiger partial charge in [0.05, 0.1) is 22.5 Å². The Balaban J connectivity index is 1.16. The van der Waals surface area contributed by atoms with Gasteiger partial charge in [0.15, 0.2) is 0 Å². The molecule has 0 radical (unpaired) electrons. The number of hydrogen-bond acceptors (Lipinski definition) is 6. The summed E-state index contributed by atoms with van der Waals surface area (Å²) in [5, 5.41) is 0.973. The lowest BCUT2D eigenvalue weighted by atomic mass is 9.68. The van der Waals surface area contributed by atoms with Gasteiger partial charge in [-0.05, 0) is 71.7 Å². The minimum absolute atomic E-state index is 0.00800. The molecule has 2 aliphatic carbocycles. The van der Waals surface area contributed by atoms with Gasteiger partial charge in [-0.1, -0.05) is 53.8 Å². The molecule has 3 fully saturated rings. The second-order valence-corrected chi connectivity index (χ2v) is 13.5. The topological polar surface area (TPSA) is 79.5 Å². The zero-order valence-electron chi connectivity index (χ0n) is 21.7. The highest BCUT2D eigenvalue weighted by molar-refractivity contribution is 8.00. The number of thioether (sulfide) groups is 1. The molecule has 2 bridgehead atoms. The van der Waals surface area contributed by atoms with E-state index in [9.17, 15) is 18.8 Å². The molecule has 1 saturated heterocycles. The Morgan fingerprint density at radius 2 is 1.66 bits per heavy atom. The fourth-order valence-electron chi connectivity index (χ4n) is 7.77. The van der Waals surface area contributed by atoms with Gasteiger partial charge in [0.1, 0.15) is 18.2 Å². The predicted molar refractivity (Wildman–Crippen MR) is 155 cm³/mol. The number of amides is 2. The number of benzene rings is 3. The second-order valence-electron chi connectivity index (χ2n) is 11.3. The molecule has 206 valence electrons. The maximum atomic E-state index is 13.8. The highest BCUT2D eigenvalue weighted by Gasteiger charge is 2.69. The first-order valence-electron chi connectivity index (χ1n) is 13.8. The molecular formula is C32H25FN2O4S2. The quantitative estimate of drug-likeness (QED) is 0.299. The monoisotopic (exact) mass is 584 g/mol. The molecule has 3 heterocycles. The van der Waals surface area contributed by atoms with E-state index in [2.05, 4.69) is 17.1 Å². The minimum Gasteiger partial charge on any atom is -0.489 e. The number of ether oxygens (including phenoxy) is 1. The van der Waals surface area contributed by atoms with Crippen molar-refractivity contribution in [1.82, 2.24) is 4.98 Å². The van der Waals surface area contributed by atoms with Gasteiger partial charge >= 0.3 is 4.87 Å². The van der Waals surface area contributed by atoms with Crippen molar-refractivity contribution >= 4 is 40.6 Å². The zero-order valence-corrected chi connectivity index (χ0v) is 23.4. The number of imide groups is 1. The Bertz CT molecular complexity index is 1740. The van der Waals surface area contributed by atoms with Crippen molar-refractivity contribution in [3.8, 4) is 5.75 Å². The van der Waals surface area contributed by atoms with E-state index in [-0.39, 0.29) is 51.5 Å². The summed E-state index contributed by atoms with van der Waals surface area (Å²) >= 11 is 2.91. The zero-order chi connectivity index (χ0) is 27.8. The van der Waals surface area contributed by atoms with Crippen LogP contribution in [0.5, 0.6) is 5.75 Å². The van der Waals surface area contributed by atoms with Crippen LogP contribution in [0.4, 0.5) is 10.1 Å². The van der Waals surface area contributed by atoms with Crippen LogP contribution in [0.25, 0.3) is 0 Å². The predicted octanol–water partition coefficient (Wildman–Crippen LogP) is 5.83. The lowest BCUT2D eigenvalue weighted by Crippen LogP contribution is -2.42. The van der Waals surface area contributed by atoms with E-state index in [1.54, 1.807) is 11.8 Å². The van der Waals surface area contributed by atoms with Crippen LogP contribution in [0.2, 0.25) is 0 Å². The summed E-state index contributed by atoms with van der Waals surface area (Å²) < 4.78 is 19.8. The number of nitrogens with zero attached hydrogens (tertiary/aromatic N) is 1. The Morgan fingerprint density at radius 1 is 0.902 bits per heavy atom. The highest BCUT2D eigenvalue weighted by Crippen LogP contribution is 2.68. The lowest BCUT2D eigenvalue weighted by molar-refractivity contribution is -0.123. The largest absolute Gasteiger partial charge is 0.489 e. The fourth-order valence-corrected chi connectivity index (χ4v) is 10.7. The summed E-state index contributed by atoms with van der Waals surface area (Å²) in [6, 6.07) is 23.6. The van der Waals surface area contributed by atoms with Crippen molar-refractivity contribution in [1.29, 1.82) is 0 Å². The molecule has 1 aromatic heterocycles. The first-order chi connectivity index (χ1) is 20.0. The van der Waals surface area contributed by atoms with E-state index in [1.165, 1.54) is 40.5 Å². The average molecular weight is 585 g/mol. The van der Waals surface area contributed by atoms with Crippen molar-refractivity contribution < 1.29 is 18.7 Å². The first-order valence-corrected chi connectivity index (χ1v) is 15.5. The van der Waals surface area contributed by atoms with Gasteiger partial charge in [-0.15, -0.1) is 11.8 Å². The van der Waals surface area contributed by atoms with Crippen molar-refractivity contribution in [2.75, 3.05) is 4.90 Å². The SMILES string of the molecule is O=C1C2C3CC(C2C(=O)N1c1ccc(F)cc1)C1C3Sc2[nH]c(=O)sc2[C@@H]1c1cccc(OCc2ccccc2)c1. The standard InChI is InChI=1S/C32H25FN2O4S2/c33-18-9-11-19(12-10-18)35-30(36)25-21-14-22(26(25)31(35)37)27-24(21)23(28-29(40-27)34-32(38)41-28)17-7-4-8-20(13-17)39-15-16-5-2-1-3-6-16/h1-13,21-27H,14-15H2,(H,34,38)/t21?,22?,23-,24?,25?,26?,27?/m1/s1. The van der Waals surface area contributed by atoms with Crippen LogP contribution in [0.15, 0.2) is 88.7 Å². The maximum Gasteiger partial charge on any atom is 0.305 e. The smallest absolute Gasteiger partial charge is 0.305 e. The van der Waals surface area contributed by atoms with Gasteiger partial charge in [-0.25, -0.2) is 4.39 Å². The Hall–Kier alpha value is -3.69. The molecule has 6 unspecified atom stereocenters. The second kappa shape index (κ2) is 9.42. The number of thiazole rings is 1. The molecule has 9 heteroatoms. The third kappa shape index (κ3) is 3.85. The number of aromatic nitrogens is 1. The van der Waals surface area contributed by atoms with Crippen molar-refractivity contribution in [3.63, 3.8) is 0 Å². The molecule has 1 N–H and O–H groups in total. The maximum absolute atomic E-state index is 13.8. The lowest BCUT2D eigenvalue weighted by Gasteiger charge is -2.43. The summed E-state index contributed by atoms with van der Waals surface area (Å²) in [5.41, 5.74) is 2.56. The third-order valence-electron chi connectivity index (χ3n) is 9.27. The molecule has 0 spiro atoms. The van der Waals surface area contributed by atoms with Crippen LogP contribution < -0.4 is 14.5 Å². The molecule has 2 aliphatic heterocycles. The Kier molecular flexibility index (Phi) is 5.76. The number of rotatable bonds is 5. The van der Waals surface area contributed by atoms with E-state index in [4.69, 9.17) is 4.74 Å². The fraction of sp³-hybridized carbons (Fsp3) is 0.281. The summed E-state index contributed by atoms with van der Waals surface area (Å²) in [5.74, 6) is -0.776. The number of carbonyl (C=O) groups is 2. The molecule has 3 aromatic carbocycles. The van der Waals surface area contributed by atoms with E-state index >= 15 is 0 Å². The van der Waals surface area contributed by atoms with Crippen molar-refractivity contribution in [3.05, 3.63) is 110 Å². The van der Waals surface area contributed by atoms with Crippen LogP contribution in [-0.4, -0.2) is 22.0 Å². The van der Waals surface area contributed by atoms with Crippen LogP contribution in [0, 0.1) is 35.4 Å². The van der Waals surface area contributed by atoms with E-state index in [1.807, 2.05) is 42.5 Å². The number of aromatic amines is 1. The van der Waals surface area contributed by atoms with E-state index in [0.717, 1.165) is 33.2 Å². The molecule has 2 amide bonds. The number of halogens is 1. The van der Waals surface area contributed by atoms with Gasteiger partial charge in [-0.2, -0.15) is 0 Å². The number of hydrogen-bond donors (Lipinski definition) is 1. The highest BCUT2D eigenvalue weighted by atomic mass is 32.2. The molecule has 2 saturated carbocycles. The van der Waals surface area contributed by atoms with Crippen LogP contribution in [-0.2, 0) is 16.2 Å². The molecule has 41 heavy (non-hydrogen) atoms.